The van der Waals surface area contributed by atoms with E-state index in [2.05, 4.69) is 0 Å². The van der Waals surface area contributed by atoms with Gasteiger partial charge in [0.15, 0.2) is 17.6 Å². The number of nitrogens with zero attached hydrogens (tertiary/aromatic N) is 1. The second-order valence-electron chi connectivity index (χ2n) is 7.55. The van der Waals surface area contributed by atoms with Gasteiger partial charge in [-0.2, -0.15) is 0 Å². The molecule has 8 nitrogen and oxygen atoms in total. The number of esters is 1. The number of carbonyl (C=O) groups excluding carboxylic acids is 1. The van der Waals surface area contributed by atoms with Crippen molar-refractivity contribution in [3.8, 4) is 11.5 Å². The Labute approximate surface area is 150 Å². The van der Waals surface area contributed by atoms with Gasteiger partial charge in [-0.05, 0) is 25.6 Å². The molecule has 0 radical (unpaired) electrons. The number of methoxy groups -OCH3 is 2. The van der Waals surface area contributed by atoms with Crippen LogP contribution in [0.2, 0.25) is 0 Å². The monoisotopic (exact) mass is 363 g/mol. The molecule has 3 heterocycles. The first-order chi connectivity index (χ1) is 12.4. The van der Waals surface area contributed by atoms with Gasteiger partial charge in [-0.3, -0.25) is 4.90 Å². The lowest BCUT2D eigenvalue weighted by molar-refractivity contribution is -0.194. The van der Waals surface area contributed by atoms with E-state index in [-0.39, 0.29) is 23.2 Å². The highest BCUT2D eigenvalue weighted by Gasteiger charge is 2.81. The van der Waals surface area contributed by atoms with E-state index in [0.717, 1.165) is 13.0 Å². The number of likely N-dealkylation sites (tertiary alicyclic amines) is 1. The minimum Gasteiger partial charge on any atom is -0.504 e. The zero-order valence-electron chi connectivity index (χ0n) is 14.8. The molecular weight excluding hydrogens is 342 g/mol. The van der Waals surface area contributed by atoms with Crippen LogP contribution >= 0.6 is 0 Å². The fraction of sp³-hybridized carbons (Fsp3) is 0.611. The second kappa shape index (κ2) is 4.89. The van der Waals surface area contributed by atoms with Crippen molar-refractivity contribution in [3.63, 3.8) is 0 Å². The third-order valence-corrected chi connectivity index (χ3v) is 6.45. The van der Waals surface area contributed by atoms with Gasteiger partial charge in [0.1, 0.15) is 23.4 Å². The van der Waals surface area contributed by atoms with E-state index in [1.165, 1.54) is 26.4 Å². The van der Waals surface area contributed by atoms with Gasteiger partial charge in [-0.15, -0.1) is 0 Å². The summed E-state index contributed by atoms with van der Waals surface area (Å²) in [6.45, 7) is 0.755. The van der Waals surface area contributed by atoms with Crippen LogP contribution in [0, 0.1) is 0 Å². The van der Waals surface area contributed by atoms with Gasteiger partial charge in [0.2, 0.25) is 0 Å². The summed E-state index contributed by atoms with van der Waals surface area (Å²) in [4.78, 5) is 14.6. The summed E-state index contributed by atoms with van der Waals surface area (Å²) in [6.07, 6.45) is -0.930. The van der Waals surface area contributed by atoms with E-state index in [9.17, 15) is 15.0 Å². The largest absolute Gasteiger partial charge is 0.504 e. The maximum atomic E-state index is 12.6. The molecule has 0 amide bonds. The van der Waals surface area contributed by atoms with Crippen LogP contribution in [0.1, 0.15) is 22.3 Å². The summed E-state index contributed by atoms with van der Waals surface area (Å²) >= 11 is 0. The number of hydrogen-bond acceptors (Lipinski definition) is 8. The predicted molar refractivity (Wildman–Crippen MR) is 87.2 cm³/mol. The number of likely N-dealkylation sites (N-methyl/N-ethyl adjacent to an activating group) is 1. The Morgan fingerprint density at radius 1 is 1.31 bits per heavy atom. The molecule has 140 valence electrons. The molecule has 1 saturated carbocycles. The number of benzene rings is 1. The fourth-order valence-electron chi connectivity index (χ4n) is 5.35. The number of phenols is 1. The lowest BCUT2D eigenvalue weighted by Gasteiger charge is -2.51. The second-order valence-corrected chi connectivity index (χ2v) is 7.55. The molecule has 26 heavy (non-hydrogen) atoms. The van der Waals surface area contributed by atoms with Gasteiger partial charge in [0.25, 0.3) is 0 Å². The van der Waals surface area contributed by atoms with Crippen molar-refractivity contribution in [2.45, 2.75) is 42.0 Å². The number of hydrogen-bond donors (Lipinski definition) is 2. The molecule has 1 aromatic rings. The van der Waals surface area contributed by atoms with Crippen LogP contribution in [0.4, 0.5) is 0 Å². The number of aliphatic hydroxyl groups is 1. The van der Waals surface area contributed by atoms with E-state index in [0.29, 0.717) is 5.56 Å². The molecule has 5 rings (SSSR count). The molecular formula is C18H21NO7. The molecule has 6 atom stereocenters. The van der Waals surface area contributed by atoms with Crippen molar-refractivity contribution >= 4 is 5.97 Å². The number of epoxide rings is 1. The summed E-state index contributed by atoms with van der Waals surface area (Å²) in [5.74, 6) is -0.601. The first-order valence-electron chi connectivity index (χ1n) is 8.64. The van der Waals surface area contributed by atoms with Crippen LogP contribution < -0.4 is 4.74 Å². The minimum absolute atomic E-state index is 0.131. The molecule has 3 fully saturated rings. The number of phenolic OH excluding ortho intramolecular Hbond substituents is 1. The summed E-state index contributed by atoms with van der Waals surface area (Å²) in [6, 6.07) is 2.42. The average Bonchev–Trinajstić information content (AvgIpc) is 3.22. The highest BCUT2D eigenvalue weighted by molar-refractivity contribution is 5.94. The molecule has 1 spiro atoms. The zero-order valence-corrected chi connectivity index (χ0v) is 14.8. The smallest absolute Gasteiger partial charge is 0.339 e. The predicted octanol–water partition coefficient (Wildman–Crippen LogP) is -0.00230. The Hall–Kier alpha value is -1.87. The summed E-state index contributed by atoms with van der Waals surface area (Å²) in [5, 5.41) is 22.1. The van der Waals surface area contributed by atoms with Gasteiger partial charge in [0, 0.05) is 19.2 Å². The molecule has 3 aliphatic heterocycles. The Bertz CT molecular complexity index is 813. The number of ether oxygens (including phenoxy) is 4. The molecule has 6 unspecified atom stereocenters. The normalized spacial score (nSPS) is 43.0. The quantitative estimate of drug-likeness (QED) is 0.559. The van der Waals surface area contributed by atoms with Gasteiger partial charge in [-0.25, -0.2) is 4.79 Å². The topological polar surface area (TPSA) is 101 Å². The van der Waals surface area contributed by atoms with E-state index < -0.39 is 35.4 Å². The Morgan fingerprint density at radius 2 is 2.08 bits per heavy atom. The molecule has 4 aliphatic rings. The van der Waals surface area contributed by atoms with Crippen LogP contribution in [0.3, 0.4) is 0 Å². The zero-order chi connectivity index (χ0) is 18.4. The maximum absolute atomic E-state index is 12.6. The standard InChI is InChI=1S/C18H21NO7/c1-19-5-4-17-13(26-17)12(24-3)14-18(22,16(17)19)9-7-11(23-2)10(20)6-8(9)15(21)25-14/h6-7,12-14,16,20,22H,4-5H2,1-3H3. The third kappa shape index (κ3) is 1.66. The lowest BCUT2D eigenvalue weighted by atomic mass is 9.65. The van der Waals surface area contributed by atoms with Crippen molar-refractivity contribution < 1.29 is 34.0 Å². The first-order valence-corrected chi connectivity index (χ1v) is 8.64. The Morgan fingerprint density at radius 3 is 2.77 bits per heavy atom. The lowest BCUT2D eigenvalue weighted by Crippen LogP contribution is -2.69. The minimum atomic E-state index is -1.54. The molecule has 0 bridgehead atoms. The van der Waals surface area contributed by atoms with E-state index in [1.54, 1.807) is 0 Å². The summed E-state index contributed by atoms with van der Waals surface area (Å²) < 4.78 is 22.5. The van der Waals surface area contributed by atoms with Crippen LogP contribution in [0.25, 0.3) is 0 Å². The van der Waals surface area contributed by atoms with Crippen molar-refractivity contribution in [2.75, 3.05) is 27.8 Å². The van der Waals surface area contributed by atoms with E-state index >= 15 is 0 Å². The molecule has 8 heteroatoms. The summed E-state index contributed by atoms with van der Waals surface area (Å²) in [5.41, 5.74) is -1.55. The highest BCUT2D eigenvalue weighted by Crippen LogP contribution is 2.63. The fourth-order valence-corrected chi connectivity index (χ4v) is 5.35. The Balaban J connectivity index is 1.77. The van der Waals surface area contributed by atoms with Crippen molar-refractivity contribution in [1.29, 1.82) is 0 Å². The molecule has 2 saturated heterocycles. The number of carbonyl (C=O) groups is 1. The SMILES string of the molecule is COc1cc2c(cc1O)C(=O)OC1C(OC)C3OC34CCN(C)C4C21O. The van der Waals surface area contributed by atoms with Crippen LogP contribution in [-0.4, -0.2) is 78.8 Å². The van der Waals surface area contributed by atoms with Gasteiger partial charge in [0.05, 0.1) is 18.7 Å². The maximum Gasteiger partial charge on any atom is 0.339 e. The van der Waals surface area contributed by atoms with Gasteiger partial charge < -0.3 is 29.2 Å². The van der Waals surface area contributed by atoms with Crippen LogP contribution in [-0.2, 0) is 19.8 Å². The molecule has 0 aromatic heterocycles. The Kier molecular flexibility index (Phi) is 3.07. The van der Waals surface area contributed by atoms with Gasteiger partial charge in [-0.1, -0.05) is 0 Å². The first kappa shape index (κ1) is 16.3. The molecule has 2 N–H and O–H groups in total. The van der Waals surface area contributed by atoms with Crippen molar-refractivity contribution in [2.24, 2.45) is 0 Å². The molecule has 1 aromatic carbocycles. The van der Waals surface area contributed by atoms with E-state index in [1.807, 2.05) is 11.9 Å². The van der Waals surface area contributed by atoms with Crippen LogP contribution in [0.15, 0.2) is 12.1 Å². The number of aromatic hydroxyl groups is 1. The third-order valence-electron chi connectivity index (χ3n) is 6.45. The number of rotatable bonds is 2. The number of fused-ring (bicyclic) bond motifs is 4. The van der Waals surface area contributed by atoms with E-state index in [4.69, 9.17) is 18.9 Å². The van der Waals surface area contributed by atoms with Gasteiger partial charge >= 0.3 is 5.97 Å². The highest BCUT2D eigenvalue weighted by atomic mass is 16.7. The summed E-state index contributed by atoms with van der Waals surface area (Å²) in [7, 11) is 4.88. The van der Waals surface area contributed by atoms with Crippen molar-refractivity contribution in [1.82, 2.24) is 4.90 Å². The van der Waals surface area contributed by atoms with Crippen LogP contribution in [0.5, 0.6) is 11.5 Å². The molecule has 1 aliphatic carbocycles. The van der Waals surface area contributed by atoms with Crippen molar-refractivity contribution in [3.05, 3.63) is 23.3 Å². The average molecular weight is 363 g/mol.